The molecular formula is C16H29N3O3. The summed E-state index contributed by atoms with van der Waals surface area (Å²) < 4.78 is 5.31. The summed E-state index contributed by atoms with van der Waals surface area (Å²) in [5.41, 5.74) is -0.588. The van der Waals surface area contributed by atoms with Crippen molar-refractivity contribution < 1.29 is 14.3 Å². The fourth-order valence-corrected chi connectivity index (χ4v) is 3.12. The van der Waals surface area contributed by atoms with E-state index < -0.39 is 5.60 Å². The summed E-state index contributed by atoms with van der Waals surface area (Å²) in [4.78, 5) is 25.6. The van der Waals surface area contributed by atoms with Gasteiger partial charge in [0.1, 0.15) is 5.60 Å². The molecule has 1 heterocycles. The van der Waals surface area contributed by atoms with Gasteiger partial charge in [-0.2, -0.15) is 0 Å². The Kier molecular flexibility index (Phi) is 4.44. The highest BCUT2D eigenvalue weighted by Crippen LogP contribution is 2.41. The van der Waals surface area contributed by atoms with E-state index in [1.165, 1.54) is 0 Å². The van der Waals surface area contributed by atoms with Crippen molar-refractivity contribution in [1.29, 1.82) is 0 Å². The van der Waals surface area contributed by atoms with Gasteiger partial charge in [0, 0.05) is 31.1 Å². The second-order valence-electron chi connectivity index (χ2n) is 8.08. The number of ether oxygens (including phenoxy) is 1. The molecule has 6 heteroatoms. The van der Waals surface area contributed by atoms with Crippen LogP contribution >= 0.6 is 0 Å². The fraction of sp³-hybridized carbons (Fsp3) is 0.875. The Labute approximate surface area is 132 Å². The zero-order valence-corrected chi connectivity index (χ0v) is 14.5. The number of alkyl carbamates (subject to hydrolysis) is 1. The maximum absolute atomic E-state index is 12.0. The Morgan fingerprint density at radius 2 is 1.95 bits per heavy atom. The summed E-state index contributed by atoms with van der Waals surface area (Å²) in [6, 6.07) is 0.207. The Hall–Kier alpha value is -1.30. The van der Waals surface area contributed by atoms with Crippen LogP contribution in [0.2, 0.25) is 0 Å². The molecule has 0 bridgehead atoms. The van der Waals surface area contributed by atoms with E-state index in [1.807, 2.05) is 27.8 Å². The van der Waals surface area contributed by atoms with Crippen LogP contribution in [0.25, 0.3) is 0 Å². The number of hydrogen-bond donors (Lipinski definition) is 2. The Bertz CT molecular complexity index is 456. The lowest BCUT2D eigenvalue weighted by molar-refractivity contribution is -0.129. The fourth-order valence-electron chi connectivity index (χ4n) is 3.12. The van der Waals surface area contributed by atoms with E-state index in [0.29, 0.717) is 0 Å². The number of rotatable bonds is 3. The van der Waals surface area contributed by atoms with Crippen molar-refractivity contribution >= 4 is 12.0 Å². The zero-order chi connectivity index (χ0) is 16.7. The zero-order valence-electron chi connectivity index (χ0n) is 14.5. The van der Waals surface area contributed by atoms with Crippen molar-refractivity contribution in [2.75, 3.05) is 13.6 Å². The predicted molar refractivity (Wildman–Crippen MR) is 84.5 cm³/mol. The molecule has 1 aliphatic heterocycles. The number of nitrogens with zero attached hydrogens (tertiary/aromatic N) is 1. The molecule has 0 radical (unpaired) electrons. The summed E-state index contributed by atoms with van der Waals surface area (Å²) in [5, 5.41) is 6.40. The van der Waals surface area contributed by atoms with Crippen LogP contribution in [-0.2, 0) is 9.53 Å². The molecule has 1 aliphatic carbocycles. The predicted octanol–water partition coefficient (Wildman–Crippen LogP) is 1.50. The summed E-state index contributed by atoms with van der Waals surface area (Å²) in [5.74, 6) is 0.166. The SMILES string of the molecule is CN1CCC(NC2CC(NC(=O)OC(C)(C)C)C2(C)C)C1=O. The van der Waals surface area contributed by atoms with Crippen LogP contribution in [0.3, 0.4) is 0 Å². The lowest BCUT2D eigenvalue weighted by atomic mass is 9.62. The van der Waals surface area contributed by atoms with Gasteiger partial charge in [-0.15, -0.1) is 0 Å². The van der Waals surface area contributed by atoms with E-state index in [9.17, 15) is 9.59 Å². The third kappa shape index (κ3) is 3.54. The maximum atomic E-state index is 12.0. The summed E-state index contributed by atoms with van der Waals surface area (Å²) in [6.45, 7) is 10.6. The van der Waals surface area contributed by atoms with Gasteiger partial charge in [-0.05, 0) is 33.6 Å². The molecule has 0 aromatic heterocycles. The van der Waals surface area contributed by atoms with Crippen molar-refractivity contribution in [3.8, 4) is 0 Å². The minimum absolute atomic E-state index is 0.0640. The molecule has 6 nitrogen and oxygen atoms in total. The van der Waals surface area contributed by atoms with Crippen LogP contribution in [-0.4, -0.2) is 54.2 Å². The number of carbonyl (C=O) groups is 2. The molecule has 126 valence electrons. The largest absolute Gasteiger partial charge is 0.444 e. The van der Waals surface area contributed by atoms with E-state index in [1.54, 1.807) is 4.90 Å². The van der Waals surface area contributed by atoms with Gasteiger partial charge < -0.3 is 20.3 Å². The molecule has 1 saturated heterocycles. The normalized spacial score (nSPS) is 30.9. The van der Waals surface area contributed by atoms with Gasteiger partial charge in [0.2, 0.25) is 5.91 Å². The number of likely N-dealkylation sites (N-methyl/N-ethyl adjacent to an activating group) is 1. The van der Waals surface area contributed by atoms with Crippen molar-refractivity contribution in [2.45, 2.75) is 71.2 Å². The molecule has 0 aromatic carbocycles. The molecular weight excluding hydrogens is 282 g/mol. The van der Waals surface area contributed by atoms with Crippen LogP contribution in [0.5, 0.6) is 0 Å². The first-order chi connectivity index (χ1) is 10.0. The van der Waals surface area contributed by atoms with Gasteiger partial charge >= 0.3 is 6.09 Å². The number of likely N-dealkylation sites (tertiary alicyclic amines) is 1. The van der Waals surface area contributed by atoms with Gasteiger partial charge in [-0.3, -0.25) is 4.79 Å². The van der Waals surface area contributed by atoms with E-state index in [0.717, 1.165) is 19.4 Å². The van der Waals surface area contributed by atoms with Crippen LogP contribution in [0, 0.1) is 5.41 Å². The lowest BCUT2D eigenvalue weighted by Gasteiger charge is -2.53. The van der Waals surface area contributed by atoms with E-state index >= 15 is 0 Å². The van der Waals surface area contributed by atoms with Crippen molar-refractivity contribution in [2.24, 2.45) is 5.41 Å². The second-order valence-corrected chi connectivity index (χ2v) is 8.08. The number of amides is 2. The Morgan fingerprint density at radius 3 is 2.41 bits per heavy atom. The molecule has 2 amide bonds. The number of nitrogens with one attached hydrogen (secondary N) is 2. The van der Waals surface area contributed by atoms with Crippen molar-refractivity contribution in [3.63, 3.8) is 0 Å². The minimum Gasteiger partial charge on any atom is -0.444 e. The number of hydrogen-bond acceptors (Lipinski definition) is 4. The average molecular weight is 311 g/mol. The van der Waals surface area contributed by atoms with Gasteiger partial charge in [0.05, 0.1) is 6.04 Å². The van der Waals surface area contributed by atoms with E-state index in [-0.39, 0.29) is 35.5 Å². The minimum atomic E-state index is -0.490. The standard InChI is InChI=1S/C16H29N3O3/c1-15(2,3)22-14(21)18-12-9-11(16(12,4)5)17-10-7-8-19(6)13(10)20/h10-12,17H,7-9H2,1-6H3,(H,18,21). The maximum Gasteiger partial charge on any atom is 0.407 e. The first-order valence-electron chi connectivity index (χ1n) is 8.01. The highest BCUT2D eigenvalue weighted by Gasteiger charge is 2.50. The van der Waals surface area contributed by atoms with Gasteiger partial charge in [0.15, 0.2) is 0 Å². The Balaban J connectivity index is 1.85. The Morgan fingerprint density at radius 1 is 1.32 bits per heavy atom. The van der Waals surface area contributed by atoms with Gasteiger partial charge in [-0.25, -0.2) is 4.79 Å². The monoisotopic (exact) mass is 311 g/mol. The summed E-state index contributed by atoms with van der Waals surface area (Å²) in [7, 11) is 1.84. The molecule has 1 saturated carbocycles. The smallest absolute Gasteiger partial charge is 0.407 e. The van der Waals surface area contributed by atoms with Crippen LogP contribution in [0.4, 0.5) is 4.79 Å². The molecule has 2 fully saturated rings. The third-order valence-electron chi connectivity index (χ3n) is 4.79. The molecule has 2 N–H and O–H groups in total. The molecule has 3 atom stereocenters. The lowest BCUT2D eigenvalue weighted by Crippen LogP contribution is -2.67. The van der Waals surface area contributed by atoms with E-state index in [4.69, 9.17) is 4.74 Å². The molecule has 22 heavy (non-hydrogen) atoms. The van der Waals surface area contributed by atoms with Crippen LogP contribution < -0.4 is 10.6 Å². The highest BCUT2D eigenvalue weighted by molar-refractivity contribution is 5.83. The first kappa shape index (κ1) is 17.1. The third-order valence-corrected chi connectivity index (χ3v) is 4.79. The average Bonchev–Trinajstić information content (AvgIpc) is 2.67. The quantitative estimate of drug-likeness (QED) is 0.828. The van der Waals surface area contributed by atoms with Crippen LogP contribution in [0.1, 0.15) is 47.5 Å². The molecule has 3 unspecified atom stereocenters. The molecule has 0 spiro atoms. The topological polar surface area (TPSA) is 70.7 Å². The van der Waals surface area contributed by atoms with E-state index in [2.05, 4.69) is 24.5 Å². The number of carbonyl (C=O) groups excluding carboxylic acids is 2. The van der Waals surface area contributed by atoms with Crippen molar-refractivity contribution in [1.82, 2.24) is 15.5 Å². The van der Waals surface area contributed by atoms with Gasteiger partial charge in [-0.1, -0.05) is 13.8 Å². The summed E-state index contributed by atoms with van der Waals surface area (Å²) in [6.07, 6.45) is 1.30. The molecule has 2 rings (SSSR count). The highest BCUT2D eigenvalue weighted by atomic mass is 16.6. The van der Waals surface area contributed by atoms with Crippen LogP contribution in [0.15, 0.2) is 0 Å². The van der Waals surface area contributed by atoms with Crippen molar-refractivity contribution in [3.05, 3.63) is 0 Å². The van der Waals surface area contributed by atoms with Gasteiger partial charge in [0.25, 0.3) is 0 Å². The first-order valence-corrected chi connectivity index (χ1v) is 8.01. The second kappa shape index (κ2) is 5.72. The molecule has 2 aliphatic rings. The summed E-state index contributed by atoms with van der Waals surface area (Å²) >= 11 is 0. The molecule has 0 aromatic rings.